The molecule has 0 aliphatic heterocycles. The maximum Gasteiger partial charge on any atom is 0.255 e. The van der Waals surface area contributed by atoms with E-state index in [1.165, 1.54) is 49.7 Å². The molecule has 25 rings (SSSR count). The van der Waals surface area contributed by atoms with Gasteiger partial charge in [-0.15, -0.1) is 0 Å². The second-order valence-electron chi connectivity index (χ2n) is 38.6. The number of hydrogen-bond acceptors (Lipinski definition) is 6. The second kappa shape index (κ2) is 34.6. The van der Waals surface area contributed by atoms with Gasteiger partial charge in [-0.3, -0.25) is 9.59 Å². The van der Waals surface area contributed by atoms with E-state index >= 15 is 9.59 Å². The average Bonchev–Trinajstić information content (AvgIpc) is 1.52. The monoisotopic (exact) mass is 1740 g/mol. The fraction of sp³-hybridized carbons (Fsp3) is 0.165. The molecule has 0 spiro atoms. The molecule has 8 nitrogen and oxygen atoms in total. The predicted octanol–water partition coefficient (Wildman–Crippen LogP) is 27.9. The number of fused-ring (bicyclic) bond motifs is 3. The third-order valence-electron chi connectivity index (χ3n) is 30.2. The predicted molar refractivity (Wildman–Crippen MR) is 541 cm³/mol. The molecule has 16 aromatic rings. The number of rotatable bonds is 14. The summed E-state index contributed by atoms with van der Waals surface area (Å²) in [6, 6.07) is 120. The van der Waals surface area contributed by atoms with Gasteiger partial charge in [0.25, 0.3) is 11.8 Å². The van der Waals surface area contributed by atoms with Crippen molar-refractivity contribution in [3.05, 3.63) is 453 Å². The highest BCUT2D eigenvalue weighted by molar-refractivity contribution is 6.12. The van der Waals surface area contributed by atoms with E-state index in [9.17, 15) is 20.4 Å². The smallest absolute Gasteiger partial charge is 0.255 e. The largest absolute Gasteiger partial charge is 0.507 e. The molecule has 0 unspecified atom stereocenters. The topological polar surface area (TPSA) is 139 Å². The SMILES string of the molecule is O=C(Nc1c(-c2cc(O)c(-c3ccccc3)cc2C2(c3cc(-c4ccccc4)c(O)cc3-c3cc(-c4ccccc4)c(O)c(C#Cc4ccccc4)c3NC(=O)c3cccc(C#Cc4ccccc4)c3)c3cc(C45CC6CC(CC(C6)C4)C5)ccc3-c3ccc(C45CC6CC(CC(C6)C4)C5)cc32)cc(-c2ccccc2)c(O)c1C#Cc1ccccc1)c1cccc(C#Cc2ccccc2)c1. The number of hydrogen-bond donors (Lipinski definition) is 6. The Kier molecular flexibility index (Phi) is 21.3. The minimum atomic E-state index is -1.68. The molecule has 9 aliphatic carbocycles. The standard InChI is InChI=1S/C127H96N2O6/c130-117-73-109(111-69-107(95-41-21-7-22-42-95)121(132)103(55-51-83-31-13-3-14-32-83)119(111)128-123(134)97-45-25-35-85(65-97)49-47-81-27-9-1-10-28-81)115(71-105(117)93-37-17-5-18-38-93)127(113-67-99(125-75-87-59-88(76-125)61-89(60-87)77-125)53-57-101(113)102-58-54-100(68-114(102)127)126-78-90-62-91(79-126)64-92(63-90)80-126)116-72-106(94-39-19-6-20-40-94)118(131)74-110(116)112-70-108(96-43-23-8-24-44-96)122(133)104(56-52-84-33-15-4-16-34-84)120(112)129-124(135)98-46-26-36-86(66-98)50-48-82-29-11-2-12-30-82/h1-46,53-54,57-58,65-74,87-92,130-133H,59-64,75-80H2,(H,128,134)(H,129,135). The van der Waals surface area contributed by atoms with E-state index in [0.29, 0.717) is 125 Å². The number of phenolic OH excluding ortho intramolecular Hbond substituents is 4. The lowest BCUT2D eigenvalue weighted by molar-refractivity contribution is -0.00530. The van der Waals surface area contributed by atoms with Crippen molar-refractivity contribution in [1.82, 2.24) is 0 Å². The number of phenols is 4. The molecule has 6 N–H and O–H groups in total. The maximum absolute atomic E-state index is 16.6. The Morgan fingerprint density at radius 2 is 0.519 bits per heavy atom. The zero-order chi connectivity index (χ0) is 90.9. The average molecular weight is 1750 g/mol. The van der Waals surface area contributed by atoms with Crippen LogP contribution in [0.1, 0.15) is 176 Å². The number of anilines is 2. The van der Waals surface area contributed by atoms with Crippen molar-refractivity contribution in [2.45, 2.75) is 93.3 Å². The van der Waals surface area contributed by atoms with Crippen LogP contribution < -0.4 is 10.6 Å². The van der Waals surface area contributed by atoms with Gasteiger partial charge in [-0.1, -0.05) is 290 Å². The van der Waals surface area contributed by atoms with Crippen molar-refractivity contribution in [1.29, 1.82) is 0 Å². The van der Waals surface area contributed by atoms with Crippen molar-refractivity contribution in [3.8, 4) is 148 Å². The molecule has 0 saturated heterocycles. The van der Waals surface area contributed by atoms with Gasteiger partial charge in [0, 0.05) is 77.9 Å². The van der Waals surface area contributed by atoms with Crippen molar-refractivity contribution in [2.75, 3.05) is 10.6 Å². The molecule has 2 amide bonds. The minimum Gasteiger partial charge on any atom is -0.507 e. The first-order valence-electron chi connectivity index (χ1n) is 47.4. The van der Waals surface area contributed by atoms with E-state index < -0.39 is 17.2 Å². The van der Waals surface area contributed by atoms with E-state index in [-0.39, 0.29) is 67.5 Å². The first kappa shape index (κ1) is 83.3. The molecule has 16 aromatic carbocycles. The molecule has 9 aliphatic rings. The molecule has 0 heterocycles. The molecular weight excluding hydrogens is 1650 g/mol. The summed E-state index contributed by atoms with van der Waals surface area (Å²) in [6.07, 6.45) is 13.6. The molecule has 8 saturated carbocycles. The Labute approximate surface area is 788 Å². The van der Waals surface area contributed by atoms with Gasteiger partial charge in [0.15, 0.2) is 0 Å². The summed E-state index contributed by atoms with van der Waals surface area (Å²) in [6.45, 7) is 0. The second-order valence-corrected chi connectivity index (χ2v) is 38.6. The Bertz CT molecular complexity index is 7160. The van der Waals surface area contributed by atoms with Gasteiger partial charge >= 0.3 is 0 Å². The highest BCUT2D eigenvalue weighted by Crippen LogP contribution is 2.68. The fourth-order valence-electron chi connectivity index (χ4n) is 25.0. The van der Waals surface area contributed by atoms with Crippen molar-refractivity contribution in [3.63, 3.8) is 0 Å². The highest BCUT2D eigenvalue weighted by Gasteiger charge is 2.57. The Hall–Kier alpha value is -16.1. The Morgan fingerprint density at radius 3 is 0.837 bits per heavy atom. The van der Waals surface area contributed by atoms with Crippen LogP contribution in [0.2, 0.25) is 0 Å². The van der Waals surface area contributed by atoms with Gasteiger partial charge < -0.3 is 31.1 Å². The Balaban J connectivity index is 0.898. The molecule has 8 fully saturated rings. The summed E-state index contributed by atoms with van der Waals surface area (Å²) in [5.74, 6) is 29.1. The van der Waals surface area contributed by atoms with Gasteiger partial charge in [-0.05, 0) is 323 Å². The number of nitrogens with one attached hydrogen (secondary N) is 2. The number of carbonyl (C=O) groups excluding carboxylic acids is 2. The van der Waals surface area contributed by atoms with Crippen LogP contribution in [0.4, 0.5) is 11.4 Å². The van der Waals surface area contributed by atoms with Crippen molar-refractivity contribution < 1.29 is 30.0 Å². The summed E-state index contributed by atoms with van der Waals surface area (Å²) in [4.78, 5) is 33.1. The molecule has 0 atom stereocenters. The van der Waals surface area contributed by atoms with Gasteiger partial charge in [0.2, 0.25) is 0 Å². The first-order chi connectivity index (χ1) is 66.2. The van der Waals surface area contributed by atoms with E-state index in [1.807, 2.05) is 291 Å². The highest BCUT2D eigenvalue weighted by atomic mass is 16.3. The molecule has 135 heavy (non-hydrogen) atoms. The van der Waals surface area contributed by atoms with Gasteiger partial charge in [-0.25, -0.2) is 0 Å². The van der Waals surface area contributed by atoms with Crippen LogP contribution in [0.15, 0.2) is 364 Å². The third kappa shape index (κ3) is 15.5. The van der Waals surface area contributed by atoms with Crippen LogP contribution in [0.5, 0.6) is 23.0 Å². The summed E-state index contributed by atoms with van der Waals surface area (Å²) < 4.78 is 0. The van der Waals surface area contributed by atoms with Gasteiger partial charge in [-0.2, -0.15) is 0 Å². The molecule has 650 valence electrons. The third-order valence-corrected chi connectivity index (χ3v) is 30.2. The van der Waals surface area contributed by atoms with Gasteiger partial charge in [0.1, 0.15) is 23.0 Å². The van der Waals surface area contributed by atoms with Gasteiger partial charge in [0.05, 0.1) is 27.9 Å². The lowest BCUT2D eigenvalue weighted by Gasteiger charge is -2.57. The summed E-state index contributed by atoms with van der Waals surface area (Å²) in [5, 5.41) is 63.2. The lowest BCUT2D eigenvalue weighted by atomic mass is 9.47. The van der Waals surface area contributed by atoms with Crippen LogP contribution in [-0.2, 0) is 16.2 Å². The van der Waals surface area contributed by atoms with E-state index in [2.05, 4.69) is 107 Å². The van der Waals surface area contributed by atoms with E-state index in [1.54, 1.807) is 24.3 Å². The summed E-state index contributed by atoms with van der Waals surface area (Å²) in [7, 11) is 0. The normalized spacial score (nSPS) is 19.6. The van der Waals surface area contributed by atoms with Crippen LogP contribution in [0.3, 0.4) is 0 Å². The number of carbonyl (C=O) groups is 2. The van der Waals surface area contributed by atoms with E-state index in [0.717, 1.165) is 83.0 Å². The number of amides is 2. The summed E-state index contributed by atoms with van der Waals surface area (Å²) in [5.41, 5.74) is 17.2. The van der Waals surface area contributed by atoms with E-state index in [4.69, 9.17) is 0 Å². The number of aromatic hydroxyl groups is 4. The fourth-order valence-corrected chi connectivity index (χ4v) is 25.0. The zero-order valence-electron chi connectivity index (χ0n) is 74.7. The molecular formula is C127H96N2O6. The molecule has 8 bridgehead atoms. The lowest BCUT2D eigenvalue weighted by Crippen LogP contribution is -2.48. The first-order valence-corrected chi connectivity index (χ1v) is 47.4. The molecule has 0 radical (unpaired) electrons. The quantitative estimate of drug-likeness (QED) is 0.0600. The number of benzene rings is 16. The summed E-state index contributed by atoms with van der Waals surface area (Å²) >= 11 is 0. The van der Waals surface area contributed by atoms with Crippen LogP contribution >= 0.6 is 0 Å². The van der Waals surface area contributed by atoms with Crippen LogP contribution in [-0.4, -0.2) is 32.2 Å². The molecule has 0 aromatic heterocycles. The Morgan fingerprint density at radius 1 is 0.244 bits per heavy atom. The van der Waals surface area contributed by atoms with Crippen molar-refractivity contribution in [2.24, 2.45) is 35.5 Å². The minimum absolute atomic E-state index is 0.0740. The zero-order valence-corrected chi connectivity index (χ0v) is 74.7. The molecule has 8 heteroatoms. The van der Waals surface area contributed by atoms with Crippen LogP contribution in [0.25, 0.3) is 77.9 Å². The maximum atomic E-state index is 16.6. The van der Waals surface area contributed by atoms with Crippen molar-refractivity contribution >= 4 is 23.2 Å². The van der Waals surface area contributed by atoms with Crippen LogP contribution in [0, 0.1) is 82.9 Å².